The summed E-state index contributed by atoms with van der Waals surface area (Å²) in [5.74, 6) is 0. The van der Waals surface area contributed by atoms with Gasteiger partial charge in [0.15, 0.2) is 0 Å². The lowest BCUT2D eigenvalue weighted by atomic mass is 9.96. The van der Waals surface area contributed by atoms with Crippen molar-refractivity contribution in [1.82, 2.24) is 4.90 Å². The summed E-state index contributed by atoms with van der Waals surface area (Å²) in [4.78, 5) is 2.52. The van der Waals surface area contributed by atoms with Gasteiger partial charge in [0.1, 0.15) is 0 Å². The van der Waals surface area contributed by atoms with Gasteiger partial charge in [0, 0.05) is 25.7 Å². The van der Waals surface area contributed by atoms with E-state index in [1.807, 2.05) is 0 Å². The topological polar surface area (TPSA) is 38.5 Å². The summed E-state index contributed by atoms with van der Waals surface area (Å²) in [7, 11) is 0. The highest BCUT2D eigenvalue weighted by Gasteiger charge is 2.33. The van der Waals surface area contributed by atoms with Gasteiger partial charge in [0.05, 0.1) is 12.2 Å². The molecule has 0 aliphatic carbocycles. The number of hydrogen-bond acceptors (Lipinski definition) is 3. The largest absolute Gasteiger partial charge is 0.374 e. The average molecular weight is 260 g/mol. The van der Waals surface area contributed by atoms with Crippen molar-refractivity contribution in [1.29, 1.82) is 0 Å². The Kier molecular flexibility index (Phi) is 3.87. The lowest BCUT2D eigenvalue weighted by Gasteiger charge is -2.37. The Balaban J connectivity index is 1.72. The van der Waals surface area contributed by atoms with Crippen molar-refractivity contribution in [3.63, 3.8) is 0 Å². The van der Waals surface area contributed by atoms with E-state index >= 15 is 0 Å². The number of hydrogen-bond donors (Lipinski definition) is 1. The first-order valence-electron chi connectivity index (χ1n) is 7.44. The SMILES string of the molecule is CC1CCC(C(CN)N2CCc3ccccc3C2)O1. The van der Waals surface area contributed by atoms with E-state index in [1.165, 1.54) is 17.5 Å². The molecule has 2 aliphatic rings. The summed E-state index contributed by atoms with van der Waals surface area (Å²) >= 11 is 0. The first kappa shape index (κ1) is 13.1. The van der Waals surface area contributed by atoms with E-state index in [0.717, 1.165) is 25.9 Å². The molecule has 3 rings (SSSR count). The third-order valence-electron chi connectivity index (χ3n) is 4.56. The summed E-state index contributed by atoms with van der Waals surface area (Å²) in [6, 6.07) is 9.13. The molecule has 0 radical (unpaired) electrons. The van der Waals surface area contributed by atoms with Crippen LogP contribution in [0.2, 0.25) is 0 Å². The molecule has 3 heteroatoms. The maximum atomic E-state index is 6.03. The van der Waals surface area contributed by atoms with Gasteiger partial charge in [-0.1, -0.05) is 24.3 Å². The minimum atomic E-state index is 0.324. The molecule has 1 fully saturated rings. The minimum Gasteiger partial charge on any atom is -0.374 e. The van der Waals surface area contributed by atoms with Gasteiger partial charge in [-0.2, -0.15) is 0 Å². The molecule has 2 N–H and O–H groups in total. The summed E-state index contributed by atoms with van der Waals surface area (Å²) < 4.78 is 6.03. The summed E-state index contributed by atoms with van der Waals surface area (Å²) in [6.07, 6.45) is 4.18. The van der Waals surface area contributed by atoms with Crippen LogP contribution in [-0.4, -0.2) is 36.2 Å². The van der Waals surface area contributed by atoms with Crippen LogP contribution in [-0.2, 0) is 17.7 Å². The summed E-state index contributed by atoms with van der Waals surface area (Å²) in [5, 5.41) is 0. The first-order chi connectivity index (χ1) is 9.28. The number of benzene rings is 1. The second-order valence-electron chi connectivity index (χ2n) is 5.85. The Bertz CT molecular complexity index is 435. The molecule has 104 valence electrons. The molecule has 1 saturated heterocycles. The van der Waals surface area contributed by atoms with Gasteiger partial charge in [-0.05, 0) is 37.3 Å². The van der Waals surface area contributed by atoms with Crippen molar-refractivity contribution >= 4 is 0 Å². The van der Waals surface area contributed by atoms with Crippen molar-refractivity contribution in [2.75, 3.05) is 13.1 Å². The number of nitrogens with two attached hydrogens (primary N) is 1. The molecule has 1 aromatic rings. The standard InChI is InChI=1S/C16H24N2O/c1-12-6-7-16(19-12)15(10-17)18-9-8-13-4-2-3-5-14(13)11-18/h2-5,12,15-16H,6-11,17H2,1H3. The Labute approximate surface area is 115 Å². The Morgan fingerprint density at radius 2 is 2.11 bits per heavy atom. The second kappa shape index (κ2) is 5.61. The van der Waals surface area contributed by atoms with Crippen LogP contribution < -0.4 is 5.73 Å². The summed E-state index contributed by atoms with van der Waals surface area (Å²) in [6.45, 7) is 4.98. The average Bonchev–Trinajstić information content (AvgIpc) is 2.86. The van der Waals surface area contributed by atoms with E-state index in [9.17, 15) is 0 Å². The smallest absolute Gasteiger partial charge is 0.0747 e. The fourth-order valence-electron chi connectivity index (χ4n) is 3.45. The Hall–Kier alpha value is -0.900. The predicted molar refractivity (Wildman–Crippen MR) is 77.0 cm³/mol. The van der Waals surface area contributed by atoms with E-state index in [-0.39, 0.29) is 0 Å². The molecule has 0 spiro atoms. The third kappa shape index (κ3) is 2.69. The van der Waals surface area contributed by atoms with Crippen molar-refractivity contribution in [3.05, 3.63) is 35.4 Å². The lowest BCUT2D eigenvalue weighted by Crippen LogP contribution is -2.50. The van der Waals surface area contributed by atoms with Gasteiger partial charge in [0.25, 0.3) is 0 Å². The minimum absolute atomic E-state index is 0.324. The molecule has 0 amide bonds. The zero-order chi connectivity index (χ0) is 13.2. The Morgan fingerprint density at radius 3 is 2.79 bits per heavy atom. The molecule has 1 aromatic carbocycles. The Morgan fingerprint density at radius 1 is 1.32 bits per heavy atom. The monoisotopic (exact) mass is 260 g/mol. The fourth-order valence-corrected chi connectivity index (χ4v) is 3.45. The van der Waals surface area contributed by atoms with Crippen molar-refractivity contribution in [3.8, 4) is 0 Å². The maximum absolute atomic E-state index is 6.03. The van der Waals surface area contributed by atoms with Crippen molar-refractivity contribution < 1.29 is 4.74 Å². The molecule has 0 saturated carbocycles. The van der Waals surface area contributed by atoms with Gasteiger partial charge in [-0.3, -0.25) is 4.90 Å². The molecule has 2 heterocycles. The zero-order valence-electron chi connectivity index (χ0n) is 11.7. The first-order valence-corrected chi connectivity index (χ1v) is 7.44. The molecule has 0 bridgehead atoms. The van der Waals surface area contributed by atoms with Crippen LogP contribution in [0.15, 0.2) is 24.3 Å². The molecular weight excluding hydrogens is 236 g/mol. The van der Waals surface area contributed by atoms with Crippen LogP contribution in [0, 0.1) is 0 Å². The van der Waals surface area contributed by atoms with Crippen LogP contribution in [0.4, 0.5) is 0 Å². The van der Waals surface area contributed by atoms with Crippen molar-refractivity contribution in [2.45, 2.75) is 51.0 Å². The van der Waals surface area contributed by atoms with Crippen LogP contribution in [0.1, 0.15) is 30.9 Å². The van der Waals surface area contributed by atoms with E-state index < -0.39 is 0 Å². The number of ether oxygens (including phenoxy) is 1. The predicted octanol–water partition coefficient (Wildman–Crippen LogP) is 1.94. The van der Waals surface area contributed by atoms with E-state index in [1.54, 1.807) is 0 Å². The van der Waals surface area contributed by atoms with Gasteiger partial charge in [-0.15, -0.1) is 0 Å². The third-order valence-corrected chi connectivity index (χ3v) is 4.56. The maximum Gasteiger partial charge on any atom is 0.0747 e. The molecular formula is C16H24N2O. The highest BCUT2D eigenvalue weighted by atomic mass is 16.5. The molecule has 3 atom stereocenters. The van der Waals surface area contributed by atoms with Crippen LogP contribution in [0.25, 0.3) is 0 Å². The van der Waals surface area contributed by atoms with Crippen LogP contribution in [0.5, 0.6) is 0 Å². The lowest BCUT2D eigenvalue weighted by molar-refractivity contribution is -0.00839. The fraction of sp³-hybridized carbons (Fsp3) is 0.625. The molecule has 19 heavy (non-hydrogen) atoms. The van der Waals surface area contributed by atoms with Crippen LogP contribution >= 0.6 is 0 Å². The van der Waals surface area contributed by atoms with Gasteiger partial charge < -0.3 is 10.5 Å². The van der Waals surface area contributed by atoms with Gasteiger partial charge >= 0.3 is 0 Å². The van der Waals surface area contributed by atoms with E-state index in [4.69, 9.17) is 10.5 Å². The van der Waals surface area contributed by atoms with E-state index in [2.05, 4.69) is 36.1 Å². The van der Waals surface area contributed by atoms with Crippen LogP contribution in [0.3, 0.4) is 0 Å². The summed E-state index contributed by atoms with van der Waals surface area (Å²) in [5.41, 5.74) is 8.98. The normalized spacial score (nSPS) is 29.2. The number of nitrogens with zero attached hydrogens (tertiary/aromatic N) is 1. The highest BCUT2D eigenvalue weighted by Crippen LogP contribution is 2.27. The number of rotatable bonds is 3. The second-order valence-corrected chi connectivity index (χ2v) is 5.85. The zero-order valence-corrected chi connectivity index (χ0v) is 11.7. The molecule has 3 nitrogen and oxygen atoms in total. The van der Waals surface area contributed by atoms with E-state index in [0.29, 0.717) is 24.8 Å². The van der Waals surface area contributed by atoms with Gasteiger partial charge in [0.2, 0.25) is 0 Å². The molecule has 2 aliphatic heterocycles. The quantitative estimate of drug-likeness (QED) is 0.902. The molecule has 0 aromatic heterocycles. The number of fused-ring (bicyclic) bond motifs is 1. The highest BCUT2D eigenvalue weighted by molar-refractivity contribution is 5.29. The molecule has 3 unspecified atom stereocenters. The van der Waals surface area contributed by atoms with Gasteiger partial charge in [-0.25, -0.2) is 0 Å². The van der Waals surface area contributed by atoms with Crippen molar-refractivity contribution in [2.24, 2.45) is 5.73 Å².